The summed E-state index contributed by atoms with van der Waals surface area (Å²) in [6.45, 7) is 5.88. The topological polar surface area (TPSA) is 46.1 Å². The second kappa shape index (κ2) is 7.52. The van der Waals surface area contributed by atoms with E-state index in [0.29, 0.717) is 5.03 Å². The van der Waals surface area contributed by atoms with Crippen LogP contribution in [0.4, 0.5) is 13.2 Å². The molecule has 0 aromatic carbocycles. The molecule has 9 heteroatoms. The Morgan fingerprint density at radius 2 is 2.12 bits per heavy atom. The Balaban J connectivity index is 2.14. The summed E-state index contributed by atoms with van der Waals surface area (Å²) in [6, 6.07) is 0. The van der Waals surface area contributed by atoms with E-state index in [-0.39, 0.29) is 12.3 Å². The van der Waals surface area contributed by atoms with Crippen molar-refractivity contribution >= 4 is 39.2 Å². The Labute approximate surface area is 145 Å². The predicted octanol–water partition coefficient (Wildman–Crippen LogP) is 3.98. The largest absolute Gasteiger partial charge is 0.406 e. The van der Waals surface area contributed by atoms with Crippen LogP contribution in [0.3, 0.4) is 0 Å². The molecule has 1 amide bonds. The van der Waals surface area contributed by atoms with E-state index in [4.69, 9.17) is 0 Å². The van der Waals surface area contributed by atoms with Gasteiger partial charge in [0.2, 0.25) is 5.91 Å². The van der Waals surface area contributed by atoms with E-state index in [1.54, 1.807) is 0 Å². The van der Waals surface area contributed by atoms with Crippen LogP contribution in [0.5, 0.6) is 0 Å². The molecule has 24 heavy (non-hydrogen) atoms. The minimum atomic E-state index is -4.44. The number of hydrogen-bond donors (Lipinski definition) is 0. The van der Waals surface area contributed by atoms with Crippen molar-refractivity contribution in [3.8, 4) is 0 Å². The molecule has 0 bridgehead atoms. The molecule has 0 aliphatic heterocycles. The number of nitrogens with zero attached hydrogens (tertiary/aromatic N) is 3. The molecule has 0 saturated carbocycles. The van der Waals surface area contributed by atoms with E-state index < -0.39 is 18.6 Å². The summed E-state index contributed by atoms with van der Waals surface area (Å²) in [4.78, 5) is 23.2. The van der Waals surface area contributed by atoms with Gasteiger partial charge >= 0.3 is 6.18 Å². The van der Waals surface area contributed by atoms with Crippen molar-refractivity contribution in [3.05, 3.63) is 29.4 Å². The Morgan fingerprint density at radius 3 is 2.75 bits per heavy atom. The standard InChI is InChI=1S/C15H16F3N3OS2/c1-4-5-21(7-15(16,17)18)11(22)6-23-13-12-9(2)10(3)24-14(12)20-8-19-13/h4,8H,1,5-7H2,2-3H3. The third-order valence-corrected chi connectivity index (χ3v) is 5.42. The van der Waals surface area contributed by atoms with Crippen LogP contribution >= 0.6 is 23.1 Å². The van der Waals surface area contributed by atoms with Crippen LogP contribution in [-0.2, 0) is 4.79 Å². The maximum atomic E-state index is 12.6. The summed E-state index contributed by atoms with van der Waals surface area (Å²) in [5.74, 6) is -0.724. The van der Waals surface area contributed by atoms with Gasteiger partial charge in [0.15, 0.2) is 0 Å². The zero-order chi connectivity index (χ0) is 17.9. The van der Waals surface area contributed by atoms with Crippen molar-refractivity contribution in [1.29, 1.82) is 0 Å². The van der Waals surface area contributed by atoms with Crippen LogP contribution in [0, 0.1) is 13.8 Å². The molecule has 0 aliphatic carbocycles. The first kappa shape index (κ1) is 18.7. The number of fused-ring (bicyclic) bond motifs is 1. The molecule has 2 aromatic rings. The molecule has 0 aliphatic rings. The highest BCUT2D eigenvalue weighted by Gasteiger charge is 2.32. The number of amides is 1. The maximum absolute atomic E-state index is 12.6. The molecule has 0 spiro atoms. The van der Waals surface area contributed by atoms with Crippen molar-refractivity contribution in [2.75, 3.05) is 18.8 Å². The third-order valence-electron chi connectivity index (χ3n) is 3.34. The number of aromatic nitrogens is 2. The first-order valence-corrected chi connectivity index (χ1v) is 8.82. The van der Waals surface area contributed by atoms with Gasteiger partial charge in [-0.2, -0.15) is 13.2 Å². The van der Waals surface area contributed by atoms with Crippen molar-refractivity contribution in [1.82, 2.24) is 14.9 Å². The van der Waals surface area contributed by atoms with Gasteiger partial charge in [-0.15, -0.1) is 17.9 Å². The first-order valence-electron chi connectivity index (χ1n) is 7.02. The second-order valence-electron chi connectivity index (χ2n) is 5.11. The van der Waals surface area contributed by atoms with Gasteiger partial charge in [0.05, 0.1) is 5.75 Å². The van der Waals surface area contributed by atoms with Gasteiger partial charge in [-0.05, 0) is 19.4 Å². The fourth-order valence-corrected chi connectivity index (χ4v) is 4.13. The predicted molar refractivity (Wildman–Crippen MR) is 90.4 cm³/mol. The molecule has 2 aromatic heterocycles. The number of hydrogen-bond acceptors (Lipinski definition) is 5. The van der Waals surface area contributed by atoms with Gasteiger partial charge in [0.25, 0.3) is 0 Å². The van der Waals surface area contributed by atoms with Gasteiger partial charge in [-0.25, -0.2) is 9.97 Å². The summed E-state index contributed by atoms with van der Waals surface area (Å²) in [7, 11) is 0. The number of rotatable bonds is 6. The molecule has 2 heterocycles. The van der Waals surface area contributed by atoms with Crippen molar-refractivity contribution in [2.24, 2.45) is 0 Å². The third kappa shape index (κ3) is 4.47. The van der Waals surface area contributed by atoms with Gasteiger partial charge in [-0.1, -0.05) is 17.8 Å². The monoisotopic (exact) mass is 375 g/mol. The average Bonchev–Trinajstić information content (AvgIpc) is 2.78. The van der Waals surface area contributed by atoms with Gasteiger partial charge in [-0.3, -0.25) is 4.79 Å². The number of aryl methyl sites for hydroxylation is 2. The summed E-state index contributed by atoms with van der Waals surface area (Å²) in [5, 5.41) is 1.48. The Bertz CT molecular complexity index is 758. The summed E-state index contributed by atoms with van der Waals surface area (Å²) in [6.07, 6.45) is -1.75. The van der Waals surface area contributed by atoms with E-state index in [9.17, 15) is 18.0 Å². The smallest absolute Gasteiger partial charge is 0.329 e. The normalized spacial score (nSPS) is 11.7. The van der Waals surface area contributed by atoms with Gasteiger partial charge in [0, 0.05) is 16.8 Å². The Kier molecular flexibility index (Phi) is 5.87. The highest BCUT2D eigenvalue weighted by Crippen LogP contribution is 2.34. The molecule has 0 radical (unpaired) electrons. The van der Waals surface area contributed by atoms with Crippen LogP contribution < -0.4 is 0 Å². The quantitative estimate of drug-likeness (QED) is 0.435. The number of carbonyl (C=O) groups is 1. The molecule has 0 fully saturated rings. The Morgan fingerprint density at radius 1 is 1.42 bits per heavy atom. The number of carbonyl (C=O) groups excluding carboxylic acids is 1. The minimum absolute atomic E-state index is 0.121. The Hall–Kier alpha value is -1.61. The summed E-state index contributed by atoms with van der Waals surface area (Å²) in [5.41, 5.74) is 1.03. The molecule has 0 unspecified atom stereocenters. The van der Waals surface area contributed by atoms with Crippen LogP contribution in [-0.4, -0.2) is 45.8 Å². The van der Waals surface area contributed by atoms with Crippen LogP contribution in [0.25, 0.3) is 10.2 Å². The van der Waals surface area contributed by atoms with Gasteiger partial charge < -0.3 is 4.90 Å². The van der Waals surface area contributed by atoms with E-state index in [0.717, 1.165) is 37.3 Å². The van der Waals surface area contributed by atoms with Crippen molar-refractivity contribution in [2.45, 2.75) is 25.0 Å². The highest BCUT2D eigenvalue weighted by molar-refractivity contribution is 8.00. The number of thioether (sulfide) groups is 1. The lowest BCUT2D eigenvalue weighted by molar-refractivity contribution is -0.158. The fourth-order valence-electron chi connectivity index (χ4n) is 2.11. The number of halogens is 3. The fraction of sp³-hybridized carbons (Fsp3) is 0.400. The molecule has 4 nitrogen and oxygen atoms in total. The maximum Gasteiger partial charge on any atom is 0.406 e. The highest BCUT2D eigenvalue weighted by atomic mass is 32.2. The van der Waals surface area contributed by atoms with E-state index in [2.05, 4.69) is 16.5 Å². The minimum Gasteiger partial charge on any atom is -0.329 e. The number of alkyl halides is 3. The second-order valence-corrected chi connectivity index (χ2v) is 7.28. The molecular weight excluding hydrogens is 359 g/mol. The van der Waals surface area contributed by atoms with E-state index >= 15 is 0 Å². The van der Waals surface area contributed by atoms with Crippen LogP contribution in [0.1, 0.15) is 10.4 Å². The summed E-state index contributed by atoms with van der Waals surface area (Å²) < 4.78 is 37.7. The van der Waals surface area contributed by atoms with Crippen molar-refractivity contribution in [3.63, 3.8) is 0 Å². The lowest BCUT2D eigenvalue weighted by atomic mass is 10.2. The van der Waals surface area contributed by atoms with Crippen molar-refractivity contribution < 1.29 is 18.0 Å². The first-order chi connectivity index (χ1) is 11.2. The molecular formula is C15H16F3N3OS2. The zero-order valence-electron chi connectivity index (χ0n) is 13.2. The molecule has 130 valence electrons. The van der Waals surface area contributed by atoms with Gasteiger partial charge in [0.1, 0.15) is 22.7 Å². The van der Waals surface area contributed by atoms with Crippen LogP contribution in [0.15, 0.2) is 24.0 Å². The zero-order valence-corrected chi connectivity index (χ0v) is 14.8. The lowest BCUT2D eigenvalue weighted by Gasteiger charge is -2.22. The SMILES string of the molecule is C=CCN(CC(F)(F)F)C(=O)CSc1ncnc2sc(C)c(C)c12. The average molecular weight is 375 g/mol. The lowest BCUT2D eigenvalue weighted by Crippen LogP contribution is -2.40. The molecule has 2 rings (SSSR count). The van der Waals surface area contributed by atoms with E-state index in [1.807, 2.05) is 13.8 Å². The van der Waals surface area contributed by atoms with E-state index in [1.165, 1.54) is 23.7 Å². The molecule has 0 atom stereocenters. The molecule has 0 N–H and O–H groups in total. The molecule has 0 saturated heterocycles. The van der Waals surface area contributed by atoms with Crippen LogP contribution in [0.2, 0.25) is 0 Å². The number of thiophene rings is 1. The summed E-state index contributed by atoms with van der Waals surface area (Å²) >= 11 is 2.66.